The van der Waals surface area contributed by atoms with E-state index in [1.54, 1.807) is 0 Å². The zero-order valence-electron chi connectivity index (χ0n) is 3.24. The summed E-state index contributed by atoms with van der Waals surface area (Å²) in [5, 5.41) is 22.7. The Bertz CT molecular complexity index is 39.3. The van der Waals surface area contributed by atoms with Crippen LogP contribution < -0.4 is 5.73 Å². The van der Waals surface area contributed by atoms with Gasteiger partial charge in [-0.15, -0.1) is 0 Å². The number of carboxylic acid groups (broad SMARTS) is 1. The van der Waals surface area contributed by atoms with E-state index in [4.69, 9.17) is 20.4 Å². The van der Waals surface area contributed by atoms with Gasteiger partial charge in [-0.3, -0.25) is 0 Å². The molecule has 0 unspecified atom stereocenters. The number of carbonyl (C=O) groups is 1. The maximum atomic E-state index is 8.78. The molecule has 0 aliphatic rings. The van der Waals surface area contributed by atoms with Crippen molar-refractivity contribution in [2.24, 2.45) is 5.73 Å². The van der Waals surface area contributed by atoms with Crippen LogP contribution in [0.1, 0.15) is 0 Å². The molecule has 0 spiro atoms. The van der Waals surface area contributed by atoms with Crippen LogP contribution in [0.3, 0.4) is 0 Å². The summed E-state index contributed by atoms with van der Waals surface area (Å²) in [5.41, 5.74) is 4.03. The Morgan fingerprint density at radius 3 is 1.57 bits per heavy atom. The molecular weight excluding hydrogens is 106 g/mol. The first-order chi connectivity index (χ1) is 3.15. The van der Waals surface area contributed by atoms with Crippen molar-refractivity contribution in [1.29, 1.82) is 0 Å². The third-order valence-corrected chi connectivity index (χ3v) is 0. The summed E-state index contributed by atoms with van der Waals surface area (Å²) in [5.74, 6) is 0. The van der Waals surface area contributed by atoms with Gasteiger partial charge < -0.3 is 10.8 Å². The van der Waals surface area contributed by atoms with Crippen LogP contribution in [0.15, 0.2) is 0 Å². The lowest BCUT2D eigenvalue weighted by molar-refractivity contribution is -0.465. The average molecular weight is 111 g/mol. The Balaban J connectivity index is 0. The molecule has 0 fully saturated rings. The molecular formula is CH5NO5. The number of nitrogens with two attached hydrogens (primary N) is 1. The minimum absolute atomic E-state index is 1.33. The van der Waals surface area contributed by atoms with Crippen LogP contribution in [0.25, 0.3) is 0 Å². The van der Waals surface area contributed by atoms with Gasteiger partial charge in [0.25, 0.3) is 0 Å². The van der Waals surface area contributed by atoms with E-state index in [9.17, 15) is 0 Å². The highest BCUT2D eigenvalue weighted by molar-refractivity contribution is 5.61. The normalized spacial score (nSPS) is 6.00. The molecule has 0 saturated heterocycles. The summed E-state index contributed by atoms with van der Waals surface area (Å²) in [6.45, 7) is 0. The van der Waals surface area contributed by atoms with Crippen molar-refractivity contribution in [3.8, 4) is 0 Å². The van der Waals surface area contributed by atoms with Gasteiger partial charge in [0.2, 0.25) is 0 Å². The number of primary amides is 1. The second-order valence-corrected chi connectivity index (χ2v) is 0.420. The number of hydrogen-bond donors (Lipinski definition) is 4. The van der Waals surface area contributed by atoms with Crippen LogP contribution in [-0.4, -0.2) is 21.7 Å². The molecule has 0 aliphatic carbocycles. The molecule has 44 valence electrons. The first kappa shape index (κ1) is 9.47. The summed E-state index contributed by atoms with van der Waals surface area (Å²) in [6, 6.07) is 0. The summed E-state index contributed by atoms with van der Waals surface area (Å²) < 4.78 is 0. The third kappa shape index (κ3) is 70.7. The van der Waals surface area contributed by atoms with Gasteiger partial charge in [-0.2, -0.15) is 0 Å². The summed E-state index contributed by atoms with van der Waals surface area (Å²) in [6.07, 6.45) is -1.33. The topological polar surface area (TPSA) is 113 Å². The fraction of sp³-hybridized carbons (Fsp3) is 0. The van der Waals surface area contributed by atoms with Crippen molar-refractivity contribution < 1.29 is 25.5 Å². The van der Waals surface area contributed by atoms with E-state index < -0.39 is 6.09 Å². The SMILES string of the molecule is NC(=O)O.OOO. The van der Waals surface area contributed by atoms with Crippen molar-refractivity contribution in [2.45, 2.75) is 0 Å². The zero-order chi connectivity index (χ0) is 6.28. The predicted octanol–water partition coefficient (Wildman–Crippen LogP) is -0.428. The minimum Gasteiger partial charge on any atom is -0.465 e. The van der Waals surface area contributed by atoms with Crippen molar-refractivity contribution in [3.63, 3.8) is 0 Å². The Kier molecular flexibility index (Phi) is 12.1. The van der Waals surface area contributed by atoms with Crippen molar-refractivity contribution >= 4 is 6.09 Å². The third-order valence-electron chi connectivity index (χ3n) is 0. The molecule has 0 aromatic carbocycles. The van der Waals surface area contributed by atoms with E-state index in [-0.39, 0.29) is 0 Å². The molecule has 1 amide bonds. The zero-order valence-corrected chi connectivity index (χ0v) is 3.24. The van der Waals surface area contributed by atoms with Gasteiger partial charge in [0.1, 0.15) is 0 Å². The van der Waals surface area contributed by atoms with Crippen molar-refractivity contribution in [3.05, 3.63) is 0 Å². The van der Waals surface area contributed by atoms with Crippen LogP contribution in [-0.2, 0) is 5.04 Å². The lowest BCUT2D eigenvalue weighted by atomic mass is 11.3. The first-order valence-electron chi connectivity index (χ1n) is 1.08. The molecule has 0 rings (SSSR count). The first-order valence-corrected chi connectivity index (χ1v) is 1.08. The Hall–Kier alpha value is -0.850. The Labute approximate surface area is 38.6 Å². The quantitative estimate of drug-likeness (QED) is 0.250. The summed E-state index contributed by atoms with van der Waals surface area (Å²) in [7, 11) is 0. The lowest BCUT2D eigenvalue weighted by Crippen LogP contribution is -2.03. The molecule has 0 aliphatic heterocycles. The van der Waals surface area contributed by atoms with Gasteiger partial charge >= 0.3 is 6.09 Å². The van der Waals surface area contributed by atoms with Crippen molar-refractivity contribution in [1.82, 2.24) is 0 Å². The van der Waals surface area contributed by atoms with Crippen LogP contribution in [0.4, 0.5) is 4.79 Å². The van der Waals surface area contributed by atoms with Gasteiger partial charge in [-0.1, -0.05) is 5.04 Å². The molecule has 0 aromatic heterocycles. The van der Waals surface area contributed by atoms with Crippen LogP contribution in [0, 0.1) is 0 Å². The second kappa shape index (κ2) is 8.94. The Morgan fingerprint density at radius 1 is 1.57 bits per heavy atom. The minimum atomic E-state index is -1.33. The van der Waals surface area contributed by atoms with Gasteiger partial charge in [-0.05, 0) is 0 Å². The van der Waals surface area contributed by atoms with Gasteiger partial charge in [-0.25, -0.2) is 15.3 Å². The standard InChI is InChI=1S/CH3NO2.H2O3/c2-1(3)4;1-3-2/h2H2,(H,3,4);1-2H. The fourth-order valence-corrected chi connectivity index (χ4v) is 0. The molecule has 7 heavy (non-hydrogen) atoms. The maximum absolute atomic E-state index is 8.78. The number of amides is 1. The van der Waals surface area contributed by atoms with E-state index in [0.29, 0.717) is 0 Å². The molecule has 0 radical (unpaired) electrons. The van der Waals surface area contributed by atoms with E-state index in [1.807, 2.05) is 0 Å². The highest BCUT2D eigenvalue weighted by Crippen LogP contribution is 1.34. The largest absolute Gasteiger partial charge is 0.465 e. The van der Waals surface area contributed by atoms with Crippen LogP contribution >= 0.6 is 0 Å². The van der Waals surface area contributed by atoms with Gasteiger partial charge in [0, 0.05) is 0 Å². The van der Waals surface area contributed by atoms with E-state index >= 15 is 0 Å². The molecule has 0 heterocycles. The predicted molar refractivity (Wildman–Crippen MR) is 18.6 cm³/mol. The van der Waals surface area contributed by atoms with Gasteiger partial charge in [0.15, 0.2) is 0 Å². The maximum Gasteiger partial charge on any atom is 0.402 e. The van der Waals surface area contributed by atoms with E-state index in [2.05, 4.69) is 10.8 Å². The van der Waals surface area contributed by atoms with E-state index in [0.717, 1.165) is 0 Å². The molecule has 0 saturated carbocycles. The highest BCUT2D eigenvalue weighted by atomic mass is 17.4. The fourth-order valence-electron chi connectivity index (χ4n) is 0. The monoisotopic (exact) mass is 111 g/mol. The highest BCUT2D eigenvalue weighted by Gasteiger charge is 1.65. The van der Waals surface area contributed by atoms with Crippen molar-refractivity contribution in [2.75, 3.05) is 0 Å². The molecule has 0 atom stereocenters. The average Bonchev–Trinajstić information content (AvgIpc) is 1.33. The molecule has 5 N–H and O–H groups in total. The summed E-state index contributed by atoms with van der Waals surface area (Å²) in [4.78, 5) is 8.78. The number of rotatable bonds is 0. The smallest absolute Gasteiger partial charge is 0.402 e. The van der Waals surface area contributed by atoms with Crippen LogP contribution in [0.2, 0.25) is 0 Å². The molecule has 6 heteroatoms. The van der Waals surface area contributed by atoms with Gasteiger partial charge in [0.05, 0.1) is 0 Å². The molecule has 6 nitrogen and oxygen atoms in total. The number of hydrogen-bond acceptors (Lipinski definition) is 4. The lowest BCUT2D eigenvalue weighted by Gasteiger charge is -1.61. The second-order valence-electron chi connectivity index (χ2n) is 0.420. The summed E-state index contributed by atoms with van der Waals surface area (Å²) >= 11 is 0. The molecule has 0 bridgehead atoms. The van der Waals surface area contributed by atoms with E-state index in [1.165, 1.54) is 0 Å². The van der Waals surface area contributed by atoms with Crippen LogP contribution in [0.5, 0.6) is 0 Å². The molecule has 0 aromatic rings. The Morgan fingerprint density at radius 2 is 1.57 bits per heavy atom.